The molecule has 0 radical (unpaired) electrons. The van der Waals surface area contributed by atoms with Crippen LogP contribution in [0.2, 0.25) is 0 Å². The Morgan fingerprint density at radius 1 is 1.47 bits per heavy atom. The maximum atomic E-state index is 11.4. The summed E-state index contributed by atoms with van der Waals surface area (Å²) in [7, 11) is -2.87. The van der Waals surface area contributed by atoms with E-state index in [4.69, 9.17) is 0 Å². The Morgan fingerprint density at radius 3 is 2.67 bits per heavy atom. The van der Waals surface area contributed by atoms with E-state index in [1.807, 2.05) is 13.0 Å². The lowest BCUT2D eigenvalue weighted by Crippen LogP contribution is -2.42. The Bertz CT molecular complexity index is 311. The van der Waals surface area contributed by atoms with Gasteiger partial charge in [-0.15, -0.1) is 6.58 Å². The van der Waals surface area contributed by atoms with Crippen LogP contribution in [0.1, 0.15) is 32.6 Å². The van der Waals surface area contributed by atoms with E-state index in [1.165, 1.54) is 6.26 Å². The van der Waals surface area contributed by atoms with Crippen LogP contribution in [0.3, 0.4) is 0 Å². The molecule has 1 aliphatic rings. The smallest absolute Gasteiger partial charge is 0.150 e. The topological polar surface area (TPSA) is 46.2 Å². The summed E-state index contributed by atoms with van der Waals surface area (Å²) in [6.07, 6.45) is 6.83. The molecule has 0 heterocycles. The maximum Gasteiger partial charge on any atom is 0.150 e. The lowest BCUT2D eigenvalue weighted by Gasteiger charge is -2.30. The van der Waals surface area contributed by atoms with Gasteiger partial charge in [-0.25, -0.2) is 8.42 Å². The summed E-state index contributed by atoms with van der Waals surface area (Å²) in [5, 5.41) is 3.24. The molecule has 88 valence electrons. The molecule has 0 spiro atoms. The second-order valence-electron chi connectivity index (χ2n) is 4.51. The molecular formula is C11H21NO2S. The molecule has 0 bridgehead atoms. The summed E-state index contributed by atoms with van der Waals surface area (Å²) in [4.78, 5) is 0. The number of hydrogen-bond acceptors (Lipinski definition) is 3. The van der Waals surface area contributed by atoms with Crippen LogP contribution in [-0.2, 0) is 9.84 Å². The SMILES string of the molecule is C=CC(C)NC1CCCC(S(C)(=O)=O)C1. The van der Waals surface area contributed by atoms with E-state index in [0.29, 0.717) is 6.04 Å². The fourth-order valence-electron chi connectivity index (χ4n) is 2.13. The van der Waals surface area contributed by atoms with Crippen LogP contribution in [0.25, 0.3) is 0 Å². The Balaban J connectivity index is 2.53. The molecule has 0 saturated heterocycles. The van der Waals surface area contributed by atoms with Crippen LogP contribution in [0.5, 0.6) is 0 Å². The first-order valence-corrected chi connectivity index (χ1v) is 7.46. The molecule has 15 heavy (non-hydrogen) atoms. The van der Waals surface area contributed by atoms with Gasteiger partial charge in [0.25, 0.3) is 0 Å². The summed E-state index contributed by atoms with van der Waals surface area (Å²) < 4.78 is 22.9. The van der Waals surface area contributed by atoms with Crippen molar-refractivity contribution in [3.05, 3.63) is 12.7 Å². The fourth-order valence-corrected chi connectivity index (χ4v) is 3.30. The monoisotopic (exact) mass is 231 g/mol. The Hall–Kier alpha value is -0.350. The highest BCUT2D eigenvalue weighted by Crippen LogP contribution is 2.24. The van der Waals surface area contributed by atoms with Crippen LogP contribution in [-0.4, -0.2) is 32.0 Å². The van der Waals surface area contributed by atoms with Crippen LogP contribution >= 0.6 is 0 Å². The van der Waals surface area contributed by atoms with Crippen LogP contribution in [0, 0.1) is 0 Å². The van der Waals surface area contributed by atoms with E-state index in [2.05, 4.69) is 11.9 Å². The van der Waals surface area contributed by atoms with Gasteiger partial charge in [0.15, 0.2) is 0 Å². The van der Waals surface area contributed by atoms with Crippen molar-refractivity contribution in [2.45, 2.75) is 49.9 Å². The molecule has 0 aromatic carbocycles. The number of nitrogens with one attached hydrogen (secondary N) is 1. The van der Waals surface area contributed by atoms with Crippen molar-refractivity contribution in [3.8, 4) is 0 Å². The average Bonchev–Trinajstić information content (AvgIpc) is 2.17. The van der Waals surface area contributed by atoms with Gasteiger partial charge in [0.05, 0.1) is 5.25 Å². The molecule has 3 atom stereocenters. The predicted molar refractivity (Wildman–Crippen MR) is 63.7 cm³/mol. The number of hydrogen-bond donors (Lipinski definition) is 1. The lowest BCUT2D eigenvalue weighted by molar-refractivity contribution is 0.361. The quantitative estimate of drug-likeness (QED) is 0.746. The van der Waals surface area contributed by atoms with Crippen LogP contribution in [0.4, 0.5) is 0 Å². The third-order valence-corrected chi connectivity index (χ3v) is 4.72. The van der Waals surface area contributed by atoms with Gasteiger partial charge in [0.2, 0.25) is 0 Å². The first kappa shape index (κ1) is 12.7. The molecule has 0 aromatic heterocycles. The summed E-state index contributed by atoms with van der Waals surface area (Å²) in [5.74, 6) is 0. The molecule has 1 N–H and O–H groups in total. The molecule has 1 aliphatic carbocycles. The van der Waals surface area contributed by atoms with Gasteiger partial charge in [-0.1, -0.05) is 12.5 Å². The van der Waals surface area contributed by atoms with E-state index < -0.39 is 9.84 Å². The molecule has 3 nitrogen and oxygen atoms in total. The van der Waals surface area contributed by atoms with E-state index in [-0.39, 0.29) is 11.3 Å². The highest BCUT2D eigenvalue weighted by molar-refractivity contribution is 7.91. The molecule has 0 amide bonds. The van der Waals surface area contributed by atoms with E-state index in [1.54, 1.807) is 0 Å². The van der Waals surface area contributed by atoms with Crippen molar-refractivity contribution in [2.75, 3.05) is 6.26 Å². The standard InChI is InChI=1S/C11H21NO2S/c1-4-9(2)12-10-6-5-7-11(8-10)15(3,13)14/h4,9-12H,1,5-8H2,2-3H3. The molecule has 0 aliphatic heterocycles. The molecule has 0 aromatic rings. The summed E-state index contributed by atoms with van der Waals surface area (Å²) in [6.45, 7) is 5.75. The normalized spacial score (nSPS) is 29.7. The summed E-state index contributed by atoms with van der Waals surface area (Å²) in [5.41, 5.74) is 0. The second-order valence-corrected chi connectivity index (χ2v) is 6.83. The minimum absolute atomic E-state index is 0.152. The Kier molecular flexibility index (Phi) is 4.34. The number of rotatable bonds is 4. The van der Waals surface area contributed by atoms with E-state index in [9.17, 15) is 8.42 Å². The van der Waals surface area contributed by atoms with Gasteiger partial charge in [-0.2, -0.15) is 0 Å². The first-order valence-electron chi connectivity index (χ1n) is 5.51. The predicted octanol–water partition coefficient (Wildman–Crippen LogP) is 1.51. The Morgan fingerprint density at radius 2 is 2.13 bits per heavy atom. The van der Waals surface area contributed by atoms with Gasteiger partial charge < -0.3 is 5.32 Å². The zero-order valence-electron chi connectivity index (χ0n) is 9.57. The largest absolute Gasteiger partial charge is 0.308 e. The van der Waals surface area contributed by atoms with Gasteiger partial charge in [0.1, 0.15) is 9.84 Å². The van der Waals surface area contributed by atoms with Gasteiger partial charge in [-0.3, -0.25) is 0 Å². The van der Waals surface area contributed by atoms with Gasteiger partial charge >= 0.3 is 0 Å². The highest BCUT2D eigenvalue weighted by Gasteiger charge is 2.28. The lowest BCUT2D eigenvalue weighted by atomic mass is 9.94. The minimum Gasteiger partial charge on any atom is -0.308 e. The number of sulfone groups is 1. The third-order valence-electron chi connectivity index (χ3n) is 3.08. The van der Waals surface area contributed by atoms with Crippen LogP contribution in [0.15, 0.2) is 12.7 Å². The average molecular weight is 231 g/mol. The van der Waals surface area contributed by atoms with Crippen molar-refractivity contribution < 1.29 is 8.42 Å². The van der Waals surface area contributed by atoms with E-state index >= 15 is 0 Å². The third kappa shape index (κ3) is 3.95. The highest BCUT2D eigenvalue weighted by atomic mass is 32.2. The second kappa shape index (κ2) is 5.12. The zero-order chi connectivity index (χ0) is 11.5. The molecule has 4 heteroatoms. The van der Waals surface area contributed by atoms with E-state index in [0.717, 1.165) is 25.7 Å². The zero-order valence-corrected chi connectivity index (χ0v) is 10.4. The Labute approximate surface area is 92.9 Å². The van der Waals surface area contributed by atoms with Crippen molar-refractivity contribution in [1.82, 2.24) is 5.32 Å². The molecule has 3 unspecified atom stereocenters. The molecule has 1 rings (SSSR count). The fraction of sp³-hybridized carbons (Fsp3) is 0.818. The first-order chi connectivity index (χ1) is 6.93. The van der Waals surface area contributed by atoms with Gasteiger partial charge in [-0.05, 0) is 26.2 Å². The maximum absolute atomic E-state index is 11.4. The van der Waals surface area contributed by atoms with Crippen molar-refractivity contribution in [1.29, 1.82) is 0 Å². The molecule has 1 saturated carbocycles. The minimum atomic E-state index is -2.87. The molecular weight excluding hydrogens is 210 g/mol. The van der Waals surface area contributed by atoms with Crippen molar-refractivity contribution >= 4 is 9.84 Å². The molecule has 1 fully saturated rings. The summed E-state index contributed by atoms with van der Waals surface area (Å²) >= 11 is 0. The van der Waals surface area contributed by atoms with Crippen molar-refractivity contribution in [2.24, 2.45) is 0 Å². The summed E-state index contributed by atoms with van der Waals surface area (Å²) in [6, 6.07) is 0.583. The van der Waals surface area contributed by atoms with Crippen LogP contribution < -0.4 is 5.32 Å². The van der Waals surface area contributed by atoms with Crippen molar-refractivity contribution in [3.63, 3.8) is 0 Å². The van der Waals surface area contributed by atoms with Gasteiger partial charge in [0, 0.05) is 18.3 Å².